The van der Waals surface area contributed by atoms with E-state index >= 15 is 0 Å². The fraction of sp³-hybridized carbons (Fsp3) is 0.257. The van der Waals surface area contributed by atoms with Crippen molar-refractivity contribution in [3.05, 3.63) is 124 Å². The Balaban J connectivity index is 1.42. The summed E-state index contributed by atoms with van der Waals surface area (Å²) in [5, 5.41) is 2.27. The van der Waals surface area contributed by atoms with Crippen LogP contribution < -0.4 is 10.2 Å². The molecule has 1 aliphatic heterocycles. The van der Waals surface area contributed by atoms with Gasteiger partial charge in [-0.3, -0.25) is 9.59 Å². The van der Waals surface area contributed by atoms with Gasteiger partial charge in [0.15, 0.2) is 5.43 Å². The van der Waals surface area contributed by atoms with Crippen molar-refractivity contribution < 1.29 is 13.9 Å². The summed E-state index contributed by atoms with van der Waals surface area (Å²) in [6, 6.07) is 28.7. The van der Waals surface area contributed by atoms with E-state index in [1.54, 1.807) is 4.90 Å². The number of rotatable bonds is 10. The second-order valence-corrected chi connectivity index (χ2v) is 10.5. The average molecular weight is 547 g/mol. The Kier molecular flexibility index (Phi) is 7.57. The Morgan fingerprint density at radius 3 is 2.44 bits per heavy atom. The second-order valence-electron chi connectivity index (χ2n) is 10.5. The standard InChI is InChI=1S/C35H34N2O4/c1-3-36(4-2)20-11-21-37-31(26-15-10-16-27(22-26)40-23-24-12-6-5-7-13-24)30-32(38)29-19-18-25-14-8-9-17-28(25)33(29)41-34(30)35(37)39/h5-10,12-19,22,31H,3-4,11,20-21,23H2,1-2H3. The Morgan fingerprint density at radius 2 is 1.63 bits per heavy atom. The SMILES string of the molecule is CCN(CC)CCCN1C(=O)c2oc3c(ccc4ccccc43)c(=O)c2C1c1cccc(OCc2ccccc2)c1. The number of carbonyl (C=O) groups excluding carboxylic acids is 1. The van der Waals surface area contributed by atoms with Crippen LogP contribution in [0.5, 0.6) is 5.75 Å². The normalized spacial score (nSPS) is 14.8. The maximum absolute atomic E-state index is 14.1. The molecule has 6 rings (SSSR count). The van der Waals surface area contributed by atoms with E-state index in [0.717, 1.165) is 48.0 Å². The van der Waals surface area contributed by atoms with Crippen molar-refractivity contribution in [3.8, 4) is 5.75 Å². The fourth-order valence-corrected chi connectivity index (χ4v) is 5.84. The molecular formula is C35H34N2O4. The summed E-state index contributed by atoms with van der Waals surface area (Å²) in [5.41, 5.74) is 2.60. The molecule has 0 aliphatic carbocycles. The maximum Gasteiger partial charge on any atom is 0.290 e. The second kappa shape index (κ2) is 11.6. The highest BCUT2D eigenvalue weighted by Gasteiger charge is 2.42. The van der Waals surface area contributed by atoms with Crippen LogP contribution in [0.4, 0.5) is 0 Å². The Labute approximate surface area is 239 Å². The highest BCUT2D eigenvalue weighted by molar-refractivity contribution is 6.06. The van der Waals surface area contributed by atoms with Crippen LogP contribution in [-0.2, 0) is 6.61 Å². The molecule has 1 atom stereocenters. The van der Waals surface area contributed by atoms with Crippen LogP contribution in [0, 0.1) is 0 Å². The number of carbonyl (C=O) groups is 1. The highest BCUT2D eigenvalue weighted by Crippen LogP contribution is 2.40. The van der Waals surface area contributed by atoms with Crippen molar-refractivity contribution in [2.75, 3.05) is 26.2 Å². The van der Waals surface area contributed by atoms with Crippen molar-refractivity contribution in [3.63, 3.8) is 0 Å². The van der Waals surface area contributed by atoms with Gasteiger partial charge in [0.25, 0.3) is 5.91 Å². The molecule has 0 saturated heterocycles. The van der Waals surface area contributed by atoms with Gasteiger partial charge >= 0.3 is 0 Å². The molecule has 5 aromatic rings. The van der Waals surface area contributed by atoms with E-state index in [-0.39, 0.29) is 17.1 Å². The molecule has 1 aliphatic rings. The Morgan fingerprint density at radius 1 is 0.854 bits per heavy atom. The van der Waals surface area contributed by atoms with Crippen molar-refractivity contribution in [1.29, 1.82) is 0 Å². The molecule has 1 aromatic heterocycles. The predicted octanol–water partition coefficient (Wildman–Crippen LogP) is 6.80. The van der Waals surface area contributed by atoms with Crippen molar-refractivity contribution in [2.45, 2.75) is 32.9 Å². The van der Waals surface area contributed by atoms with Gasteiger partial charge in [0, 0.05) is 11.9 Å². The van der Waals surface area contributed by atoms with Crippen molar-refractivity contribution in [2.24, 2.45) is 0 Å². The van der Waals surface area contributed by atoms with Crippen LogP contribution in [0.2, 0.25) is 0 Å². The van der Waals surface area contributed by atoms with Gasteiger partial charge in [-0.1, -0.05) is 86.6 Å². The lowest BCUT2D eigenvalue weighted by molar-refractivity contribution is 0.0720. The number of amides is 1. The predicted molar refractivity (Wildman–Crippen MR) is 162 cm³/mol. The number of hydrogen-bond donors (Lipinski definition) is 0. The molecule has 1 unspecified atom stereocenters. The summed E-state index contributed by atoms with van der Waals surface area (Å²) >= 11 is 0. The number of hydrogen-bond acceptors (Lipinski definition) is 5. The van der Waals surface area contributed by atoms with Crippen LogP contribution in [0.1, 0.15) is 53.6 Å². The molecule has 6 heteroatoms. The van der Waals surface area contributed by atoms with E-state index in [9.17, 15) is 9.59 Å². The molecule has 0 N–H and O–H groups in total. The first-order valence-electron chi connectivity index (χ1n) is 14.4. The van der Waals surface area contributed by atoms with Crippen LogP contribution in [-0.4, -0.2) is 41.9 Å². The van der Waals surface area contributed by atoms with E-state index in [0.29, 0.717) is 35.4 Å². The van der Waals surface area contributed by atoms with Crippen molar-refractivity contribution in [1.82, 2.24) is 9.80 Å². The summed E-state index contributed by atoms with van der Waals surface area (Å²) in [4.78, 5) is 32.2. The largest absolute Gasteiger partial charge is 0.489 e. The smallest absolute Gasteiger partial charge is 0.290 e. The average Bonchev–Trinajstić information content (AvgIpc) is 3.30. The van der Waals surface area contributed by atoms with Gasteiger partial charge in [-0.25, -0.2) is 0 Å². The monoisotopic (exact) mass is 546 g/mol. The minimum absolute atomic E-state index is 0.141. The number of ether oxygens (including phenoxy) is 1. The Hall–Kier alpha value is -4.42. The maximum atomic E-state index is 14.1. The zero-order valence-electron chi connectivity index (χ0n) is 23.5. The van der Waals surface area contributed by atoms with Gasteiger partial charge in [-0.05, 0) is 60.8 Å². The quantitative estimate of drug-likeness (QED) is 0.180. The van der Waals surface area contributed by atoms with Crippen LogP contribution in [0.25, 0.3) is 21.7 Å². The summed E-state index contributed by atoms with van der Waals surface area (Å²) in [6.45, 7) is 7.99. The minimum Gasteiger partial charge on any atom is -0.489 e. The van der Waals surface area contributed by atoms with E-state index in [1.165, 1.54) is 0 Å². The number of benzene rings is 4. The summed E-state index contributed by atoms with van der Waals surface area (Å²) < 4.78 is 12.5. The first kappa shape index (κ1) is 26.8. The van der Waals surface area contributed by atoms with Gasteiger partial charge in [0.1, 0.15) is 17.9 Å². The zero-order valence-corrected chi connectivity index (χ0v) is 23.5. The van der Waals surface area contributed by atoms with Gasteiger partial charge in [0.05, 0.1) is 17.0 Å². The number of nitrogens with zero attached hydrogens (tertiary/aromatic N) is 2. The molecular weight excluding hydrogens is 512 g/mol. The van der Waals surface area contributed by atoms with Gasteiger partial charge < -0.3 is 19.0 Å². The number of fused-ring (bicyclic) bond motifs is 4. The lowest BCUT2D eigenvalue weighted by atomic mass is 9.97. The minimum atomic E-state index is -0.554. The molecule has 208 valence electrons. The lowest BCUT2D eigenvalue weighted by Gasteiger charge is -2.27. The third kappa shape index (κ3) is 5.11. The molecule has 6 nitrogen and oxygen atoms in total. The zero-order chi connectivity index (χ0) is 28.3. The summed E-state index contributed by atoms with van der Waals surface area (Å²) in [7, 11) is 0. The molecule has 2 heterocycles. The van der Waals surface area contributed by atoms with E-state index in [4.69, 9.17) is 9.15 Å². The van der Waals surface area contributed by atoms with Gasteiger partial charge in [-0.2, -0.15) is 0 Å². The Bertz CT molecular complexity index is 1760. The van der Waals surface area contributed by atoms with Gasteiger partial charge in [0.2, 0.25) is 5.76 Å². The van der Waals surface area contributed by atoms with E-state index in [1.807, 2.05) is 91.0 Å². The molecule has 0 radical (unpaired) electrons. The summed E-state index contributed by atoms with van der Waals surface area (Å²) in [6.07, 6.45) is 0.790. The van der Waals surface area contributed by atoms with Gasteiger partial charge in [-0.15, -0.1) is 0 Å². The van der Waals surface area contributed by atoms with Crippen molar-refractivity contribution >= 4 is 27.6 Å². The third-order valence-electron chi connectivity index (χ3n) is 8.05. The molecule has 41 heavy (non-hydrogen) atoms. The summed E-state index contributed by atoms with van der Waals surface area (Å²) in [5.74, 6) is 0.584. The molecule has 0 spiro atoms. The van der Waals surface area contributed by atoms with E-state index < -0.39 is 6.04 Å². The van der Waals surface area contributed by atoms with Crippen LogP contribution in [0.3, 0.4) is 0 Å². The first-order valence-corrected chi connectivity index (χ1v) is 14.4. The lowest BCUT2D eigenvalue weighted by Crippen LogP contribution is -2.33. The topological polar surface area (TPSA) is 63.0 Å². The molecule has 0 bridgehead atoms. The fourth-order valence-electron chi connectivity index (χ4n) is 5.84. The van der Waals surface area contributed by atoms with Crippen LogP contribution >= 0.6 is 0 Å². The highest BCUT2D eigenvalue weighted by atomic mass is 16.5. The third-order valence-corrected chi connectivity index (χ3v) is 8.05. The first-order chi connectivity index (χ1) is 20.1. The molecule has 0 saturated carbocycles. The molecule has 1 amide bonds. The van der Waals surface area contributed by atoms with Crippen LogP contribution in [0.15, 0.2) is 100 Å². The molecule has 0 fully saturated rings. The molecule has 4 aromatic carbocycles. The van der Waals surface area contributed by atoms with E-state index in [2.05, 4.69) is 18.7 Å².